The Hall–Kier alpha value is -1.52. The van der Waals surface area contributed by atoms with Crippen molar-refractivity contribution in [3.8, 4) is 5.88 Å². The molecule has 0 aromatic carbocycles. The lowest BCUT2D eigenvalue weighted by Gasteiger charge is -2.16. The molecule has 0 aliphatic heterocycles. The smallest absolute Gasteiger partial charge is 0.242 e. The quantitative estimate of drug-likeness (QED) is 0.763. The summed E-state index contributed by atoms with van der Waals surface area (Å²) in [6.07, 6.45) is 4.60. The highest BCUT2D eigenvalue weighted by Crippen LogP contribution is 2.25. The van der Waals surface area contributed by atoms with Gasteiger partial charge in [-0.1, -0.05) is 20.3 Å². The summed E-state index contributed by atoms with van der Waals surface area (Å²) in [5.41, 5.74) is 6.45. The molecule has 3 N–H and O–H groups in total. The van der Waals surface area contributed by atoms with Crippen LogP contribution in [0.25, 0.3) is 0 Å². The van der Waals surface area contributed by atoms with Gasteiger partial charge >= 0.3 is 0 Å². The fourth-order valence-corrected chi connectivity index (χ4v) is 1.55. The van der Waals surface area contributed by atoms with Crippen LogP contribution >= 0.6 is 0 Å². The third-order valence-electron chi connectivity index (χ3n) is 2.40. The minimum absolute atomic E-state index is 0.344. The molecular formula is C12H22N4O. The van der Waals surface area contributed by atoms with Crippen LogP contribution in [0.1, 0.15) is 40.0 Å². The van der Waals surface area contributed by atoms with E-state index < -0.39 is 0 Å². The van der Waals surface area contributed by atoms with E-state index in [-0.39, 0.29) is 0 Å². The molecule has 1 rings (SSSR count). The summed E-state index contributed by atoms with van der Waals surface area (Å²) in [4.78, 5) is 8.17. The number of rotatable bonds is 7. The Bertz CT molecular complexity index is 343. The second-order valence-corrected chi connectivity index (χ2v) is 4.12. The number of nitrogens with two attached hydrogens (primary N) is 1. The first-order chi connectivity index (χ1) is 8.19. The highest BCUT2D eigenvalue weighted by atomic mass is 16.5. The Balaban J connectivity index is 2.72. The van der Waals surface area contributed by atoms with E-state index in [1.54, 1.807) is 0 Å². The Morgan fingerprint density at radius 2 is 2.12 bits per heavy atom. The van der Waals surface area contributed by atoms with Crippen molar-refractivity contribution < 1.29 is 4.74 Å². The first kappa shape index (κ1) is 13.5. The van der Waals surface area contributed by atoms with Gasteiger partial charge in [-0.2, -0.15) is 4.98 Å². The standard InChI is InChI=1S/C12H22N4O/c1-4-6-9(3)16-11-10(13)12(15-8-14-11)17-7-5-2/h8-9H,4-7,13H2,1-3H3,(H,14,15,16). The first-order valence-corrected chi connectivity index (χ1v) is 6.18. The van der Waals surface area contributed by atoms with Crippen molar-refractivity contribution in [2.24, 2.45) is 0 Å². The largest absolute Gasteiger partial charge is 0.476 e. The monoisotopic (exact) mass is 238 g/mol. The Kier molecular flexibility index (Phi) is 5.52. The number of ether oxygens (including phenoxy) is 1. The van der Waals surface area contributed by atoms with Gasteiger partial charge in [0.05, 0.1) is 6.61 Å². The van der Waals surface area contributed by atoms with Crippen molar-refractivity contribution in [2.45, 2.75) is 46.1 Å². The summed E-state index contributed by atoms with van der Waals surface area (Å²) in [6.45, 7) is 6.92. The minimum Gasteiger partial charge on any atom is -0.476 e. The van der Waals surface area contributed by atoms with Crippen molar-refractivity contribution in [2.75, 3.05) is 17.7 Å². The van der Waals surface area contributed by atoms with E-state index in [4.69, 9.17) is 10.5 Å². The maximum Gasteiger partial charge on any atom is 0.242 e. The number of nitrogens with one attached hydrogen (secondary N) is 1. The number of nitrogens with zero attached hydrogens (tertiary/aromatic N) is 2. The van der Waals surface area contributed by atoms with Crippen molar-refractivity contribution >= 4 is 11.5 Å². The van der Waals surface area contributed by atoms with E-state index in [0.29, 0.717) is 30.0 Å². The average Bonchev–Trinajstić information content (AvgIpc) is 2.30. The van der Waals surface area contributed by atoms with E-state index in [1.165, 1.54) is 6.33 Å². The van der Waals surface area contributed by atoms with Gasteiger partial charge in [-0.3, -0.25) is 0 Å². The molecule has 1 heterocycles. The molecule has 5 nitrogen and oxygen atoms in total. The molecule has 0 radical (unpaired) electrons. The summed E-state index contributed by atoms with van der Waals surface area (Å²) in [6, 6.07) is 0.344. The molecule has 1 aromatic rings. The third-order valence-corrected chi connectivity index (χ3v) is 2.40. The zero-order valence-corrected chi connectivity index (χ0v) is 10.9. The van der Waals surface area contributed by atoms with Gasteiger partial charge in [0, 0.05) is 6.04 Å². The maximum absolute atomic E-state index is 5.96. The summed E-state index contributed by atoms with van der Waals surface area (Å²) in [5.74, 6) is 1.13. The zero-order valence-electron chi connectivity index (χ0n) is 10.9. The highest BCUT2D eigenvalue weighted by molar-refractivity contribution is 5.66. The van der Waals surface area contributed by atoms with Gasteiger partial charge in [-0.15, -0.1) is 0 Å². The van der Waals surface area contributed by atoms with Crippen LogP contribution in [0.3, 0.4) is 0 Å². The molecule has 0 amide bonds. The molecule has 17 heavy (non-hydrogen) atoms. The topological polar surface area (TPSA) is 73.1 Å². The van der Waals surface area contributed by atoms with Crippen molar-refractivity contribution in [3.05, 3.63) is 6.33 Å². The molecule has 0 saturated heterocycles. The van der Waals surface area contributed by atoms with Gasteiger partial charge in [-0.25, -0.2) is 4.98 Å². The normalized spacial score (nSPS) is 12.2. The van der Waals surface area contributed by atoms with Gasteiger partial charge in [0.2, 0.25) is 5.88 Å². The molecule has 0 fully saturated rings. The number of anilines is 2. The van der Waals surface area contributed by atoms with Gasteiger partial charge in [0.1, 0.15) is 12.0 Å². The molecular weight excluding hydrogens is 216 g/mol. The summed E-state index contributed by atoms with van der Waals surface area (Å²) < 4.78 is 5.45. The molecule has 1 aromatic heterocycles. The molecule has 1 unspecified atom stereocenters. The third kappa shape index (κ3) is 4.09. The van der Waals surface area contributed by atoms with Gasteiger partial charge < -0.3 is 15.8 Å². The molecule has 5 heteroatoms. The molecule has 96 valence electrons. The Morgan fingerprint density at radius 3 is 2.76 bits per heavy atom. The number of hydrogen-bond donors (Lipinski definition) is 2. The second kappa shape index (κ2) is 6.93. The molecule has 0 saturated carbocycles. The fraction of sp³-hybridized carbons (Fsp3) is 0.667. The van der Waals surface area contributed by atoms with Gasteiger partial charge in [0.25, 0.3) is 0 Å². The summed E-state index contributed by atoms with van der Waals surface area (Å²) in [5, 5.41) is 3.27. The lowest BCUT2D eigenvalue weighted by molar-refractivity contribution is 0.306. The van der Waals surface area contributed by atoms with Crippen molar-refractivity contribution in [1.29, 1.82) is 0 Å². The van der Waals surface area contributed by atoms with Gasteiger partial charge in [0.15, 0.2) is 5.82 Å². The molecule has 0 bridgehead atoms. The minimum atomic E-state index is 0.344. The van der Waals surface area contributed by atoms with E-state index in [9.17, 15) is 0 Å². The van der Waals surface area contributed by atoms with Crippen LogP contribution in [0.2, 0.25) is 0 Å². The first-order valence-electron chi connectivity index (χ1n) is 6.18. The summed E-state index contributed by atoms with van der Waals surface area (Å²) in [7, 11) is 0. The van der Waals surface area contributed by atoms with Crippen LogP contribution in [-0.2, 0) is 0 Å². The van der Waals surface area contributed by atoms with Crippen LogP contribution < -0.4 is 15.8 Å². The van der Waals surface area contributed by atoms with Crippen LogP contribution in [0, 0.1) is 0 Å². The molecule has 0 aliphatic carbocycles. The number of aromatic nitrogens is 2. The average molecular weight is 238 g/mol. The van der Waals surface area contributed by atoms with Crippen molar-refractivity contribution in [3.63, 3.8) is 0 Å². The van der Waals surface area contributed by atoms with E-state index in [2.05, 4.69) is 29.1 Å². The fourth-order valence-electron chi connectivity index (χ4n) is 1.55. The van der Waals surface area contributed by atoms with E-state index in [0.717, 1.165) is 19.3 Å². The number of hydrogen-bond acceptors (Lipinski definition) is 5. The predicted octanol–water partition coefficient (Wildman–Crippen LogP) is 2.45. The zero-order chi connectivity index (χ0) is 12.7. The summed E-state index contributed by atoms with van der Waals surface area (Å²) >= 11 is 0. The Labute approximate surface area is 103 Å². The van der Waals surface area contributed by atoms with Crippen LogP contribution in [0.4, 0.5) is 11.5 Å². The molecule has 1 atom stereocenters. The lowest BCUT2D eigenvalue weighted by Crippen LogP contribution is -2.17. The van der Waals surface area contributed by atoms with Crippen LogP contribution in [-0.4, -0.2) is 22.6 Å². The van der Waals surface area contributed by atoms with E-state index in [1.807, 2.05) is 6.92 Å². The molecule has 0 spiro atoms. The van der Waals surface area contributed by atoms with Crippen molar-refractivity contribution in [1.82, 2.24) is 9.97 Å². The lowest BCUT2D eigenvalue weighted by atomic mass is 10.2. The highest BCUT2D eigenvalue weighted by Gasteiger charge is 2.10. The second-order valence-electron chi connectivity index (χ2n) is 4.12. The number of nitrogen functional groups attached to an aromatic ring is 1. The van der Waals surface area contributed by atoms with Crippen LogP contribution in [0.15, 0.2) is 6.33 Å². The SMILES string of the molecule is CCCOc1ncnc(NC(C)CCC)c1N. The Morgan fingerprint density at radius 1 is 1.35 bits per heavy atom. The van der Waals surface area contributed by atoms with E-state index >= 15 is 0 Å². The van der Waals surface area contributed by atoms with Gasteiger partial charge in [-0.05, 0) is 19.8 Å². The van der Waals surface area contributed by atoms with Crippen LogP contribution in [0.5, 0.6) is 5.88 Å². The maximum atomic E-state index is 5.96. The molecule has 0 aliphatic rings. The predicted molar refractivity (Wildman–Crippen MR) is 70.2 cm³/mol.